The number of fused-ring (bicyclic) bond motifs is 1. The Morgan fingerprint density at radius 3 is 2.50 bits per heavy atom. The van der Waals surface area contributed by atoms with Crippen molar-refractivity contribution in [3.8, 4) is 0 Å². The Kier molecular flexibility index (Phi) is 3.01. The van der Waals surface area contributed by atoms with Crippen LogP contribution in [0.5, 0.6) is 0 Å². The summed E-state index contributed by atoms with van der Waals surface area (Å²) in [7, 11) is 0. The molecule has 1 atom stereocenters. The highest BCUT2D eigenvalue weighted by atomic mass is 15.0. The standard InChI is InChI=1S/C14H20N2/c1-10(2)16-9-13(11(3)8-15)12-6-4-5-7-14(12)16/h4-7,9-11H,8,15H2,1-3H3. The second-order valence-corrected chi connectivity index (χ2v) is 4.74. The monoisotopic (exact) mass is 216 g/mol. The zero-order chi connectivity index (χ0) is 11.7. The predicted molar refractivity (Wildman–Crippen MR) is 69.8 cm³/mol. The fourth-order valence-corrected chi connectivity index (χ4v) is 2.18. The Hall–Kier alpha value is -1.28. The molecule has 1 heterocycles. The molecule has 1 aromatic carbocycles. The lowest BCUT2D eigenvalue weighted by Crippen LogP contribution is -2.08. The maximum Gasteiger partial charge on any atom is 0.0485 e. The molecule has 2 rings (SSSR count). The van der Waals surface area contributed by atoms with Crippen molar-refractivity contribution in [3.63, 3.8) is 0 Å². The van der Waals surface area contributed by atoms with Crippen molar-refractivity contribution in [2.45, 2.75) is 32.7 Å². The molecule has 0 aliphatic rings. The molecule has 0 amide bonds. The molecule has 0 aliphatic heterocycles. The third-order valence-corrected chi connectivity index (χ3v) is 3.21. The van der Waals surface area contributed by atoms with E-state index in [9.17, 15) is 0 Å². The molecule has 0 radical (unpaired) electrons. The van der Waals surface area contributed by atoms with Crippen LogP contribution in [0.2, 0.25) is 0 Å². The summed E-state index contributed by atoms with van der Waals surface area (Å²) in [6.45, 7) is 7.31. The Bertz CT molecular complexity index is 482. The van der Waals surface area contributed by atoms with Gasteiger partial charge in [-0.05, 0) is 37.9 Å². The first kappa shape index (κ1) is 11.2. The SMILES string of the molecule is CC(CN)c1cn(C(C)C)c2ccccc12. The fourth-order valence-electron chi connectivity index (χ4n) is 2.18. The molecule has 0 aliphatic carbocycles. The number of hydrogen-bond donors (Lipinski definition) is 1. The molecule has 86 valence electrons. The van der Waals surface area contributed by atoms with E-state index >= 15 is 0 Å². The highest BCUT2D eigenvalue weighted by molar-refractivity contribution is 5.84. The summed E-state index contributed by atoms with van der Waals surface area (Å²) >= 11 is 0. The third kappa shape index (κ3) is 1.74. The summed E-state index contributed by atoms with van der Waals surface area (Å²) in [5, 5.41) is 1.34. The first-order valence-corrected chi connectivity index (χ1v) is 5.94. The van der Waals surface area contributed by atoms with E-state index in [-0.39, 0.29) is 0 Å². The van der Waals surface area contributed by atoms with Crippen LogP contribution in [0, 0.1) is 0 Å². The molecule has 0 spiro atoms. The van der Waals surface area contributed by atoms with Gasteiger partial charge in [0.2, 0.25) is 0 Å². The number of aromatic nitrogens is 1. The van der Waals surface area contributed by atoms with Crippen LogP contribution in [0.1, 0.15) is 38.3 Å². The van der Waals surface area contributed by atoms with Crippen molar-refractivity contribution in [2.75, 3.05) is 6.54 Å². The molecular weight excluding hydrogens is 196 g/mol. The number of benzene rings is 1. The van der Waals surface area contributed by atoms with Crippen LogP contribution < -0.4 is 5.73 Å². The van der Waals surface area contributed by atoms with Gasteiger partial charge in [-0.25, -0.2) is 0 Å². The Morgan fingerprint density at radius 2 is 1.88 bits per heavy atom. The first-order chi connectivity index (χ1) is 7.65. The van der Waals surface area contributed by atoms with Crippen molar-refractivity contribution in [2.24, 2.45) is 5.73 Å². The molecule has 2 N–H and O–H groups in total. The molecular formula is C14H20N2. The highest BCUT2D eigenvalue weighted by Gasteiger charge is 2.13. The van der Waals surface area contributed by atoms with Gasteiger partial charge in [-0.1, -0.05) is 25.1 Å². The van der Waals surface area contributed by atoms with Crippen LogP contribution in [-0.2, 0) is 0 Å². The second kappa shape index (κ2) is 4.30. The van der Waals surface area contributed by atoms with E-state index in [0.717, 1.165) is 0 Å². The summed E-state index contributed by atoms with van der Waals surface area (Å²) in [5.41, 5.74) is 8.45. The van der Waals surface area contributed by atoms with E-state index in [4.69, 9.17) is 5.73 Å². The number of nitrogens with zero attached hydrogens (tertiary/aromatic N) is 1. The molecule has 2 nitrogen and oxygen atoms in total. The third-order valence-electron chi connectivity index (χ3n) is 3.21. The van der Waals surface area contributed by atoms with E-state index < -0.39 is 0 Å². The Labute approximate surface area is 97.1 Å². The summed E-state index contributed by atoms with van der Waals surface area (Å²) in [4.78, 5) is 0. The fraction of sp³-hybridized carbons (Fsp3) is 0.429. The first-order valence-electron chi connectivity index (χ1n) is 5.94. The topological polar surface area (TPSA) is 30.9 Å². The second-order valence-electron chi connectivity index (χ2n) is 4.74. The van der Waals surface area contributed by atoms with Gasteiger partial charge in [-0.2, -0.15) is 0 Å². The molecule has 2 heteroatoms. The zero-order valence-corrected chi connectivity index (χ0v) is 10.3. The Balaban J connectivity index is 2.66. The van der Waals surface area contributed by atoms with E-state index in [1.807, 2.05) is 0 Å². The molecule has 0 saturated carbocycles. The lowest BCUT2D eigenvalue weighted by molar-refractivity contribution is 0.618. The number of rotatable bonds is 3. The lowest BCUT2D eigenvalue weighted by atomic mass is 10.0. The number of nitrogens with two attached hydrogens (primary N) is 1. The Morgan fingerprint density at radius 1 is 1.19 bits per heavy atom. The maximum absolute atomic E-state index is 5.77. The van der Waals surface area contributed by atoms with Crippen LogP contribution in [0.25, 0.3) is 10.9 Å². The minimum Gasteiger partial charge on any atom is -0.345 e. The van der Waals surface area contributed by atoms with Crippen LogP contribution in [0.4, 0.5) is 0 Å². The van der Waals surface area contributed by atoms with Crippen molar-refractivity contribution in [1.82, 2.24) is 4.57 Å². The number of para-hydroxylation sites is 1. The normalized spacial score (nSPS) is 13.6. The molecule has 16 heavy (non-hydrogen) atoms. The molecule has 0 saturated heterocycles. The van der Waals surface area contributed by atoms with Crippen LogP contribution in [0.15, 0.2) is 30.5 Å². The van der Waals surface area contributed by atoms with Gasteiger partial charge in [0, 0.05) is 23.1 Å². The zero-order valence-electron chi connectivity index (χ0n) is 10.3. The quantitative estimate of drug-likeness (QED) is 0.838. The molecule has 1 aromatic heterocycles. The average Bonchev–Trinajstić information content (AvgIpc) is 2.67. The van der Waals surface area contributed by atoms with Gasteiger partial charge in [0.1, 0.15) is 0 Å². The van der Waals surface area contributed by atoms with E-state index in [2.05, 4.69) is 55.8 Å². The van der Waals surface area contributed by atoms with E-state index in [1.165, 1.54) is 16.5 Å². The summed E-state index contributed by atoms with van der Waals surface area (Å²) < 4.78 is 2.33. The molecule has 1 unspecified atom stereocenters. The van der Waals surface area contributed by atoms with Gasteiger partial charge in [-0.3, -0.25) is 0 Å². The van der Waals surface area contributed by atoms with Gasteiger partial charge in [0.15, 0.2) is 0 Å². The van der Waals surface area contributed by atoms with Gasteiger partial charge in [0.25, 0.3) is 0 Å². The summed E-state index contributed by atoms with van der Waals surface area (Å²) in [5.74, 6) is 0.421. The minimum absolute atomic E-state index is 0.421. The maximum atomic E-state index is 5.77. The van der Waals surface area contributed by atoms with Crippen LogP contribution in [-0.4, -0.2) is 11.1 Å². The van der Waals surface area contributed by atoms with E-state index in [0.29, 0.717) is 18.5 Å². The predicted octanol–water partition coefficient (Wildman–Crippen LogP) is 3.28. The smallest absolute Gasteiger partial charge is 0.0485 e. The van der Waals surface area contributed by atoms with Crippen molar-refractivity contribution in [3.05, 3.63) is 36.0 Å². The van der Waals surface area contributed by atoms with Gasteiger partial charge in [-0.15, -0.1) is 0 Å². The van der Waals surface area contributed by atoms with Gasteiger partial charge in [0.05, 0.1) is 0 Å². The molecule has 0 fully saturated rings. The van der Waals surface area contributed by atoms with Crippen molar-refractivity contribution >= 4 is 10.9 Å². The number of hydrogen-bond acceptors (Lipinski definition) is 1. The van der Waals surface area contributed by atoms with Gasteiger partial charge >= 0.3 is 0 Å². The van der Waals surface area contributed by atoms with Crippen LogP contribution >= 0.6 is 0 Å². The van der Waals surface area contributed by atoms with Gasteiger partial charge < -0.3 is 10.3 Å². The summed E-state index contributed by atoms with van der Waals surface area (Å²) in [6.07, 6.45) is 2.26. The van der Waals surface area contributed by atoms with Crippen molar-refractivity contribution in [1.29, 1.82) is 0 Å². The lowest BCUT2D eigenvalue weighted by Gasteiger charge is -2.08. The largest absolute Gasteiger partial charge is 0.345 e. The molecule has 0 bridgehead atoms. The average molecular weight is 216 g/mol. The van der Waals surface area contributed by atoms with Crippen LogP contribution in [0.3, 0.4) is 0 Å². The molecule has 2 aromatic rings. The summed E-state index contributed by atoms with van der Waals surface area (Å²) in [6, 6.07) is 9.05. The minimum atomic E-state index is 0.421. The van der Waals surface area contributed by atoms with Crippen molar-refractivity contribution < 1.29 is 0 Å². The highest BCUT2D eigenvalue weighted by Crippen LogP contribution is 2.29. The van der Waals surface area contributed by atoms with E-state index in [1.54, 1.807) is 0 Å².